The molecule has 0 amide bonds. The maximum absolute atomic E-state index is 11.3. The quantitative estimate of drug-likeness (QED) is 0.713. The maximum atomic E-state index is 11.3. The predicted octanol–water partition coefficient (Wildman–Crippen LogP) is 3.95. The van der Waals surface area contributed by atoms with Gasteiger partial charge in [-0.1, -0.05) is 48.9 Å². The zero-order valence-corrected chi connectivity index (χ0v) is 10.4. The Morgan fingerprint density at radius 1 is 1.41 bits per heavy atom. The second-order valence-corrected chi connectivity index (χ2v) is 4.82. The van der Waals surface area contributed by atoms with Gasteiger partial charge in [0.1, 0.15) is 0 Å². The van der Waals surface area contributed by atoms with Crippen LogP contribution in [-0.2, 0) is 6.42 Å². The Balaban J connectivity index is 2.13. The summed E-state index contributed by atoms with van der Waals surface area (Å²) in [5.74, 6) is 0.767. The molecule has 0 heterocycles. The van der Waals surface area contributed by atoms with Gasteiger partial charge in [0.25, 0.3) is 0 Å². The van der Waals surface area contributed by atoms with Crippen molar-refractivity contribution in [2.24, 2.45) is 5.92 Å². The van der Waals surface area contributed by atoms with Crippen molar-refractivity contribution in [1.82, 2.24) is 0 Å². The summed E-state index contributed by atoms with van der Waals surface area (Å²) < 4.78 is 0. The summed E-state index contributed by atoms with van der Waals surface area (Å²) in [4.78, 5) is 11.3. The number of carbonyl (C=O) groups excluding carboxylic acids is 1. The van der Waals surface area contributed by atoms with E-state index in [1.807, 2.05) is 18.2 Å². The summed E-state index contributed by atoms with van der Waals surface area (Å²) in [5, 5.41) is 0. The molecule has 0 aliphatic heterocycles. The Labute approximate surface area is 103 Å². The highest BCUT2D eigenvalue weighted by atomic mass is 16.1. The SMILES string of the molecule is CC(=O)c1cccc(CC2=CC=CC(C)C2)c1. The molecule has 1 nitrogen and oxygen atoms in total. The van der Waals surface area contributed by atoms with E-state index in [2.05, 4.69) is 31.2 Å². The molecule has 1 unspecified atom stereocenters. The minimum absolute atomic E-state index is 0.137. The normalized spacial score (nSPS) is 18.9. The lowest BCUT2D eigenvalue weighted by Gasteiger charge is -2.14. The van der Waals surface area contributed by atoms with Crippen LogP contribution in [0.1, 0.15) is 36.2 Å². The van der Waals surface area contributed by atoms with Gasteiger partial charge in [-0.25, -0.2) is 0 Å². The highest BCUT2D eigenvalue weighted by Gasteiger charge is 2.08. The van der Waals surface area contributed by atoms with Crippen LogP contribution in [0.4, 0.5) is 0 Å². The molecular formula is C16H18O. The molecule has 0 spiro atoms. The molecule has 1 aliphatic rings. The first kappa shape index (κ1) is 11.8. The Morgan fingerprint density at radius 2 is 2.24 bits per heavy atom. The largest absolute Gasteiger partial charge is 0.295 e. The maximum Gasteiger partial charge on any atom is 0.159 e. The molecule has 1 aromatic carbocycles. The van der Waals surface area contributed by atoms with E-state index in [0.717, 1.165) is 18.4 Å². The standard InChI is InChI=1S/C16H18O/c1-12-5-3-6-14(9-12)10-15-7-4-8-16(11-15)13(2)17/h3-8,11-12H,9-10H2,1-2H3. The topological polar surface area (TPSA) is 17.1 Å². The van der Waals surface area contributed by atoms with Crippen molar-refractivity contribution in [3.8, 4) is 0 Å². The van der Waals surface area contributed by atoms with Crippen LogP contribution in [0.15, 0.2) is 48.1 Å². The van der Waals surface area contributed by atoms with Gasteiger partial charge in [-0.2, -0.15) is 0 Å². The summed E-state index contributed by atoms with van der Waals surface area (Å²) >= 11 is 0. The van der Waals surface area contributed by atoms with Gasteiger partial charge in [0.15, 0.2) is 5.78 Å². The summed E-state index contributed by atoms with van der Waals surface area (Å²) in [7, 11) is 0. The van der Waals surface area contributed by atoms with Crippen LogP contribution in [0.3, 0.4) is 0 Å². The van der Waals surface area contributed by atoms with Gasteiger partial charge in [0.2, 0.25) is 0 Å². The van der Waals surface area contributed by atoms with Gasteiger partial charge >= 0.3 is 0 Å². The van der Waals surface area contributed by atoms with E-state index in [0.29, 0.717) is 5.92 Å². The second kappa shape index (κ2) is 5.13. The molecule has 0 bridgehead atoms. The lowest BCUT2D eigenvalue weighted by molar-refractivity contribution is 0.101. The molecule has 1 heteroatoms. The van der Waals surface area contributed by atoms with Crippen LogP contribution in [0.5, 0.6) is 0 Å². The molecule has 0 saturated carbocycles. The Bertz CT molecular complexity index is 480. The van der Waals surface area contributed by atoms with Crippen molar-refractivity contribution in [3.05, 3.63) is 59.2 Å². The molecule has 17 heavy (non-hydrogen) atoms. The van der Waals surface area contributed by atoms with Crippen molar-refractivity contribution >= 4 is 5.78 Å². The lowest BCUT2D eigenvalue weighted by Crippen LogP contribution is -2.01. The first-order valence-electron chi connectivity index (χ1n) is 6.11. The number of hydrogen-bond donors (Lipinski definition) is 0. The van der Waals surface area contributed by atoms with Crippen LogP contribution in [0.2, 0.25) is 0 Å². The minimum Gasteiger partial charge on any atom is -0.295 e. The summed E-state index contributed by atoms with van der Waals surface area (Å²) in [6, 6.07) is 7.95. The van der Waals surface area contributed by atoms with Gasteiger partial charge in [0, 0.05) is 5.56 Å². The number of hydrogen-bond acceptors (Lipinski definition) is 1. The smallest absolute Gasteiger partial charge is 0.159 e. The first-order valence-corrected chi connectivity index (χ1v) is 6.11. The minimum atomic E-state index is 0.137. The first-order chi connectivity index (χ1) is 8.15. The fourth-order valence-electron chi connectivity index (χ4n) is 2.22. The summed E-state index contributed by atoms with van der Waals surface area (Å²) in [6.07, 6.45) is 8.64. The summed E-state index contributed by atoms with van der Waals surface area (Å²) in [6.45, 7) is 3.85. The van der Waals surface area contributed by atoms with E-state index in [1.165, 1.54) is 11.1 Å². The molecular weight excluding hydrogens is 208 g/mol. The van der Waals surface area contributed by atoms with Gasteiger partial charge in [-0.15, -0.1) is 0 Å². The number of rotatable bonds is 3. The van der Waals surface area contributed by atoms with Crippen LogP contribution < -0.4 is 0 Å². The summed E-state index contributed by atoms with van der Waals surface area (Å²) in [5.41, 5.74) is 3.48. The number of Topliss-reactive ketones (excluding diaryl/α,β-unsaturated/α-hetero) is 1. The van der Waals surface area contributed by atoms with E-state index in [-0.39, 0.29) is 5.78 Å². The van der Waals surface area contributed by atoms with Crippen molar-refractivity contribution in [1.29, 1.82) is 0 Å². The van der Waals surface area contributed by atoms with Gasteiger partial charge in [-0.3, -0.25) is 4.79 Å². The predicted molar refractivity (Wildman–Crippen MR) is 71.2 cm³/mol. The molecule has 88 valence electrons. The van der Waals surface area contributed by atoms with Gasteiger partial charge in [-0.05, 0) is 37.3 Å². The third-order valence-electron chi connectivity index (χ3n) is 3.12. The molecule has 0 saturated heterocycles. The third kappa shape index (κ3) is 3.16. The molecule has 0 N–H and O–H groups in total. The van der Waals surface area contributed by atoms with Crippen LogP contribution in [-0.4, -0.2) is 5.78 Å². The molecule has 2 rings (SSSR count). The van der Waals surface area contributed by atoms with Crippen molar-refractivity contribution < 1.29 is 4.79 Å². The molecule has 1 atom stereocenters. The van der Waals surface area contributed by atoms with E-state index >= 15 is 0 Å². The molecule has 0 aromatic heterocycles. The number of allylic oxidation sites excluding steroid dienone is 4. The highest BCUT2D eigenvalue weighted by molar-refractivity contribution is 5.94. The van der Waals surface area contributed by atoms with Gasteiger partial charge in [0.05, 0.1) is 0 Å². The number of ketones is 1. The molecule has 0 fully saturated rings. The van der Waals surface area contributed by atoms with Crippen LogP contribution >= 0.6 is 0 Å². The number of benzene rings is 1. The van der Waals surface area contributed by atoms with E-state index in [9.17, 15) is 4.79 Å². The fourth-order valence-corrected chi connectivity index (χ4v) is 2.22. The average molecular weight is 226 g/mol. The van der Waals surface area contributed by atoms with Gasteiger partial charge < -0.3 is 0 Å². The van der Waals surface area contributed by atoms with Crippen LogP contribution in [0.25, 0.3) is 0 Å². The lowest BCUT2D eigenvalue weighted by atomic mass is 9.91. The molecule has 0 radical (unpaired) electrons. The average Bonchev–Trinajstić information content (AvgIpc) is 2.29. The monoisotopic (exact) mass is 226 g/mol. The van der Waals surface area contributed by atoms with E-state index in [1.54, 1.807) is 6.92 Å². The number of carbonyl (C=O) groups is 1. The molecule has 1 aliphatic carbocycles. The molecule has 1 aromatic rings. The Kier molecular flexibility index (Phi) is 3.58. The van der Waals surface area contributed by atoms with Crippen molar-refractivity contribution in [3.63, 3.8) is 0 Å². The second-order valence-electron chi connectivity index (χ2n) is 4.82. The highest BCUT2D eigenvalue weighted by Crippen LogP contribution is 2.21. The van der Waals surface area contributed by atoms with E-state index in [4.69, 9.17) is 0 Å². The zero-order valence-electron chi connectivity index (χ0n) is 10.4. The van der Waals surface area contributed by atoms with Crippen LogP contribution in [0, 0.1) is 5.92 Å². The third-order valence-corrected chi connectivity index (χ3v) is 3.12. The fraction of sp³-hybridized carbons (Fsp3) is 0.312. The Morgan fingerprint density at radius 3 is 2.94 bits per heavy atom. The van der Waals surface area contributed by atoms with E-state index < -0.39 is 0 Å². The van der Waals surface area contributed by atoms with Crippen molar-refractivity contribution in [2.75, 3.05) is 0 Å². The Hall–Kier alpha value is -1.63. The zero-order chi connectivity index (χ0) is 12.3. The van der Waals surface area contributed by atoms with Crippen molar-refractivity contribution in [2.45, 2.75) is 26.7 Å².